The Bertz CT molecular complexity index is 1700. The summed E-state index contributed by atoms with van der Waals surface area (Å²) in [4.78, 5) is 0. The van der Waals surface area contributed by atoms with Gasteiger partial charge >= 0.3 is 225 Å². The van der Waals surface area contributed by atoms with Crippen molar-refractivity contribution < 1.29 is 20.4 Å². The first kappa shape index (κ1) is 29.3. The van der Waals surface area contributed by atoms with E-state index >= 15 is 0 Å². The standard InChI is InChI=1S/C23H15.C9H13.C2H6Si.2ClH.Zr/c1-3-9-18-16(7-1)13-14-22(18)23-15-17-8-2-4-10-19(17)20-11-5-6-12-21(20)23;1-6-5-7(2)9(4)8(6)3;1-3-2;;;/h1-15H;6H,1-4H3;1-2H3;2*1H;. The molecular weight excluding hydrogens is 599 g/mol. The summed E-state index contributed by atoms with van der Waals surface area (Å²) in [6, 6.07) is 29.7. The zero-order valence-electron chi connectivity index (χ0n) is 23.1. The molecule has 4 heteroatoms. The largest absolute Gasteiger partial charge is 0.147 e. The van der Waals surface area contributed by atoms with Gasteiger partial charge in [0.1, 0.15) is 0 Å². The molecule has 0 fully saturated rings. The molecule has 0 amide bonds. The Morgan fingerprint density at radius 3 is 1.95 bits per heavy atom. The van der Waals surface area contributed by atoms with Crippen LogP contribution in [0, 0.1) is 5.92 Å². The van der Waals surface area contributed by atoms with Gasteiger partial charge in [0.25, 0.3) is 0 Å². The summed E-state index contributed by atoms with van der Waals surface area (Å²) in [5.41, 5.74) is 10.3. The molecule has 0 radical (unpaired) electrons. The minimum Gasteiger partial charge on any atom is -0.147 e. The second kappa shape index (κ2) is 11.4. The van der Waals surface area contributed by atoms with Crippen LogP contribution in [0.15, 0.2) is 105 Å². The van der Waals surface area contributed by atoms with Crippen LogP contribution in [0.25, 0.3) is 27.1 Å². The average Bonchev–Trinajstić information content (AvgIpc) is 3.36. The van der Waals surface area contributed by atoms with Crippen molar-refractivity contribution in [3.05, 3.63) is 122 Å². The maximum absolute atomic E-state index is 2.73. The quantitative estimate of drug-likeness (QED) is 0.155. The third-order valence-electron chi connectivity index (χ3n) is 8.76. The molecule has 0 spiro atoms. The molecule has 2 unspecified atom stereocenters. The minimum atomic E-state index is -2.02. The summed E-state index contributed by atoms with van der Waals surface area (Å²) in [6.45, 7) is 14.9. The molecule has 6 rings (SSSR count). The van der Waals surface area contributed by atoms with E-state index in [0.717, 1.165) is 0 Å². The summed E-state index contributed by atoms with van der Waals surface area (Å²) >= 11 is -2.02. The maximum atomic E-state index is 2.73. The van der Waals surface area contributed by atoms with Gasteiger partial charge in [-0.1, -0.05) is 0 Å². The summed E-state index contributed by atoms with van der Waals surface area (Å²) in [7, 11) is 0. The molecule has 0 N–H and O–H groups in total. The van der Waals surface area contributed by atoms with Crippen molar-refractivity contribution in [3.63, 3.8) is 0 Å². The molecule has 194 valence electrons. The van der Waals surface area contributed by atoms with Crippen LogP contribution in [0.2, 0.25) is 13.1 Å². The molecule has 0 saturated heterocycles. The normalized spacial score (nSPS) is 18.3. The van der Waals surface area contributed by atoms with E-state index < -0.39 is 25.8 Å². The third kappa shape index (κ3) is 4.56. The van der Waals surface area contributed by atoms with E-state index in [-0.39, 0.29) is 24.8 Å². The monoisotopic (exact) mass is 632 g/mol. The topological polar surface area (TPSA) is 0 Å². The second-order valence-corrected chi connectivity index (χ2v) is 28.3. The molecule has 0 bridgehead atoms. The van der Waals surface area contributed by atoms with Gasteiger partial charge in [-0.3, -0.25) is 0 Å². The van der Waals surface area contributed by atoms with Gasteiger partial charge in [-0.05, 0) is 0 Å². The number of rotatable bonds is 3. The van der Waals surface area contributed by atoms with Gasteiger partial charge in [0.05, 0.1) is 0 Å². The van der Waals surface area contributed by atoms with Crippen LogP contribution in [0.5, 0.6) is 0 Å². The Hall–Kier alpha value is -1.70. The first-order valence-electron chi connectivity index (χ1n) is 13.2. The van der Waals surface area contributed by atoms with E-state index in [4.69, 9.17) is 0 Å². The Balaban J connectivity index is 0.00000168. The van der Waals surface area contributed by atoms with E-state index in [2.05, 4.69) is 126 Å². The molecular formula is C34H36Cl2SiZr. The Morgan fingerprint density at radius 2 is 1.29 bits per heavy atom. The zero-order chi connectivity index (χ0) is 25.1. The van der Waals surface area contributed by atoms with Crippen molar-refractivity contribution in [2.45, 2.75) is 44.4 Å². The smallest absolute Gasteiger partial charge is 0.147 e. The van der Waals surface area contributed by atoms with Gasteiger partial charge in [-0.25, -0.2) is 0 Å². The van der Waals surface area contributed by atoms with E-state index in [1.54, 1.807) is 22.3 Å². The average molecular weight is 635 g/mol. The molecule has 0 saturated carbocycles. The number of hydrogen-bond acceptors (Lipinski definition) is 0. The van der Waals surface area contributed by atoms with Gasteiger partial charge in [-0.2, -0.15) is 0 Å². The van der Waals surface area contributed by atoms with Gasteiger partial charge in [-0.15, -0.1) is 24.8 Å². The molecule has 0 aliphatic heterocycles. The summed E-state index contributed by atoms with van der Waals surface area (Å²) in [5, 5.41) is 5.42. The number of fused-ring (bicyclic) bond motifs is 4. The van der Waals surface area contributed by atoms with Crippen molar-refractivity contribution in [3.8, 4) is 0 Å². The van der Waals surface area contributed by atoms with Crippen molar-refractivity contribution in [2.75, 3.05) is 0 Å². The number of hydrogen-bond donors (Lipinski definition) is 0. The van der Waals surface area contributed by atoms with Crippen LogP contribution in [0.1, 0.15) is 48.0 Å². The molecule has 0 heterocycles. The van der Waals surface area contributed by atoms with Crippen LogP contribution >= 0.6 is 24.8 Å². The van der Waals surface area contributed by atoms with Crippen molar-refractivity contribution in [2.24, 2.45) is 5.92 Å². The fourth-order valence-corrected chi connectivity index (χ4v) is 26.3. The van der Waals surface area contributed by atoms with Crippen LogP contribution < -0.4 is 0 Å². The van der Waals surface area contributed by atoms with E-state index in [1.165, 1.54) is 38.2 Å². The third-order valence-corrected chi connectivity index (χ3v) is 27.3. The molecule has 4 aromatic rings. The van der Waals surface area contributed by atoms with E-state index in [9.17, 15) is 0 Å². The fourth-order valence-electron chi connectivity index (χ4n) is 6.66. The first-order chi connectivity index (χ1) is 17.4. The number of benzene rings is 4. The van der Waals surface area contributed by atoms with Crippen LogP contribution in [-0.2, 0) is 20.4 Å². The van der Waals surface area contributed by atoms with E-state index in [1.807, 2.05) is 3.28 Å². The summed E-state index contributed by atoms with van der Waals surface area (Å²) in [5.74, 6) is 0.630. The van der Waals surface area contributed by atoms with E-state index in [0.29, 0.717) is 9.54 Å². The van der Waals surface area contributed by atoms with Crippen molar-refractivity contribution in [1.82, 2.24) is 0 Å². The fraction of sp³-hybridized carbons (Fsp3) is 0.235. The molecule has 2 aliphatic rings. The molecule has 0 nitrogen and oxygen atoms in total. The Labute approximate surface area is 248 Å². The van der Waals surface area contributed by atoms with Crippen molar-refractivity contribution in [1.29, 1.82) is 0 Å². The molecule has 38 heavy (non-hydrogen) atoms. The van der Waals surface area contributed by atoms with Gasteiger partial charge in [0, 0.05) is 0 Å². The molecule has 2 aliphatic carbocycles. The van der Waals surface area contributed by atoms with Gasteiger partial charge in [0.2, 0.25) is 0 Å². The minimum absolute atomic E-state index is 0. The van der Waals surface area contributed by atoms with Crippen LogP contribution in [-0.4, -0.2) is 5.43 Å². The Kier molecular flexibility index (Phi) is 8.80. The summed E-state index contributed by atoms with van der Waals surface area (Å²) in [6.07, 6.45) is 2.73. The zero-order valence-corrected chi connectivity index (χ0v) is 28.1. The van der Waals surface area contributed by atoms with Gasteiger partial charge < -0.3 is 0 Å². The number of allylic oxidation sites excluding steroid dienone is 5. The predicted molar refractivity (Wildman–Crippen MR) is 170 cm³/mol. The SMILES string of the molecule is CC1=C(C)C(C)[C]([Zr]([CH]2C=C(c3cc4ccccc4c4ccccc34)c3ccccc32)=[Si](C)C)=C1C.Cl.Cl. The molecule has 0 aromatic heterocycles. The number of halogens is 2. The van der Waals surface area contributed by atoms with Crippen LogP contribution in [0.3, 0.4) is 0 Å². The van der Waals surface area contributed by atoms with Crippen molar-refractivity contribution >= 4 is 57.4 Å². The summed E-state index contributed by atoms with van der Waals surface area (Å²) < 4.78 is 2.52. The predicted octanol–water partition coefficient (Wildman–Crippen LogP) is 10.5. The Morgan fingerprint density at radius 1 is 0.684 bits per heavy atom. The molecule has 2 atom stereocenters. The second-order valence-electron chi connectivity index (χ2n) is 10.8. The van der Waals surface area contributed by atoms with Crippen LogP contribution in [0.4, 0.5) is 0 Å². The molecule has 4 aromatic carbocycles. The van der Waals surface area contributed by atoms with Gasteiger partial charge in [0.15, 0.2) is 0 Å². The maximum Gasteiger partial charge on any atom is -0.147 e. The first-order valence-corrected chi connectivity index (χ1v) is 22.0.